The lowest BCUT2D eigenvalue weighted by molar-refractivity contribution is -0.167. The monoisotopic (exact) mass is 519 g/mol. The molecule has 0 saturated carbocycles. The Bertz CT molecular complexity index is 1460. The molecule has 3 amide bonds. The van der Waals surface area contributed by atoms with Crippen LogP contribution in [-0.2, 0) is 16.1 Å². The second kappa shape index (κ2) is 9.37. The van der Waals surface area contributed by atoms with Gasteiger partial charge in [0.15, 0.2) is 0 Å². The number of imidazole rings is 1. The number of carboxylic acid groups (broad SMARTS) is 1. The van der Waals surface area contributed by atoms with Crippen molar-refractivity contribution in [1.29, 1.82) is 0 Å². The van der Waals surface area contributed by atoms with Crippen LogP contribution >= 0.6 is 0 Å². The number of aromatic amines is 1. The van der Waals surface area contributed by atoms with E-state index in [0.717, 1.165) is 12.1 Å². The van der Waals surface area contributed by atoms with E-state index in [9.17, 15) is 36.7 Å². The zero-order valence-corrected chi connectivity index (χ0v) is 18.8. The molecule has 37 heavy (non-hydrogen) atoms. The number of nitrogens with one attached hydrogen (secondary N) is 4. The zero-order chi connectivity index (χ0) is 27.1. The van der Waals surface area contributed by atoms with E-state index in [4.69, 9.17) is 5.11 Å². The van der Waals surface area contributed by atoms with Crippen LogP contribution in [0.25, 0.3) is 22.5 Å². The Morgan fingerprint density at radius 3 is 2.43 bits per heavy atom. The number of carbonyl (C=O) groups is 4. The number of aromatic nitrogens is 2. The molecule has 0 unspecified atom stereocenters. The molecule has 0 atom stereocenters. The minimum absolute atomic E-state index is 0.0197. The average molecular weight is 519 g/mol. The summed E-state index contributed by atoms with van der Waals surface area (Å²) in [6.45, 7) is 0.946. The number of carbonyl (C=O) groups excluding carboxylic acids is 3. The number of hydrogen-bond donors (Lipinski definition) is 5. The maximum Gasteiger partial charge on any atom is 0.471 e. The molecule has 1 aliphatic rings. The first-order chi connectivity index (χ1) is 17.4. The van der Waals surface area contributed by atoms with Gasteiger partial charge in [-0.1, -0.05) is 6.07 Å². The third-order valence-electron chi connectivity index (χ3n) is 5.50. The summed E-state index contributed by atoms with van der Waals surface area (Å²) in [5.74, 6) is -5.50. The summed E-state index contributed by atoms with van der Waals surface area (Å²) in [5.41, 5.74) is 0.942. The highest BCUT2D eigenvalue weighted by molar-refractivity contribution is 6.06. The summed E-state index contributed by atoms with van der Waals surface area (Å²) >= 11 is 0. The number of anilines is 1. The van der Waals surface area contributed by atoms with E-state index in [0.29, 0.717) is 16.8 Å². The lowest BCUT2D eigenvalue weighted by Crippen LogP contribution is -2.29. The van der Waals surface area contributed by atoms with E-state index < -0.39 is 47.9 Å². The lowest BCUT2D eigenvalue weighted by atomic mass is 9.92. The van der Waals surface area contributed by atoms with E-state index in [1.807, 2.05) is 0 Å². The van der Waals surface area contributed by atoms with Gasteiger partial charge < -0.3 is 26.0 Å². The Hall–Kier alpha value is -4.75. The number of carboxylic acids is 1. The predicted molar refractivity (Wildman–Crippen MR) is 120 cm³/mol. The van der Waals surface area contributed by atoms with Gasteiger partial charge in [0.05, 0.1) is 5.56 Å². The second-order valence-corrected chi connectivity index (χ2v) is 7.98. The van der Waals surface area contributed by atoms with Crippen molar-refractivity contribution in [2.75, 3.05) is 11.9 Å². The van der Waals surface area contributed by atoms with Crippen LogP contribution in [0.3, 0.4) is 0 Å². The second-order valence-electron chi connectivity index (χ2n) is 7.98. The maximum atomic E-state index is 14.9. The van der Waals surface area contributed by atoms with Crippen molar-refractivity contribution in [3.63, 3.8) is 0 Å². The Kier molecular flexibility index (Phi) is 6.42. The van der Waals surface area contributed by atoms with Crippen molar-refractivity contribution in [3.8, 4) is 22.5 Å². The van der Waals surface area contributed by atoms with E-state index in [1.165, 1.54) is 25.1 Å². The number of halogens is 4. The van der Waals surface area contributed by atoms with Crippen LogP contribution in [-0.4, -0.2) is 51.5 Å². The van der Waals surface area contributed by atoms with Gasteiger partial charge in [0.25, 0.3) is 11.8 Å². The molecule has 0 radical (unpaired) electrons. The van der Waals surface area contributed by atoms with E-state index in [2.05, 4.69) is 20.6 Å². The molecular formula is C23H17F4N5O5. The van der Waals surface area contributed by atoms with Gasteiger partial charge >= 0.3 is 18.1 Å². The summed E-state index contributed by atoms with van der Waals surface area (Å²) < 4.78 is 52.4. The standard InChI is InChI=1S/C23H17F4N5O5/c1-9-18(21(36)29-8-16(33)34)32-19(30-9)13-5-4-11(14-7-28-20(35)17(13)14)12-3-2-10(6-15(12)24)31-22(37)23(25,26)27/h2-6H,7-8H2,1H3,(H,28,35)(H,29,36)(H,30,32)(H,31,37)(H,33,34). The summed E-state index contributed by atoms with van der Waals surface area (Å²) in [4.78, 5) is 53.9. The molecule has 192 valence electrons. The Labute approximate surface area is 205 Å². The molecule has 1 aromatic heterocycles. The van der Waals surface area contributed by atoms with Gasteiger partial charge in [0.1, 0.15) is 23.9 Å². The molecule has 0 fully saturated rings. The molecule has 0 spiro atoms. The first kappa shape index (κ1) is 25.3. The first-order valence-electron chi connectivity index (χ1n) is 10.6. The molecule has 4 rings (SSSR count). The Morgan fingerprint density at radius 2 is 1.78 bits per heavy atom. The third kappa shape index (κ3) is 4.98. The number of hydrogen-bond acceptors (Lipinski definition) is 5. The molecule has 3 aromatic rings. The average Bonchev–Trinajstić information content (AvgIpc) is 3.40. The largest absolute Gasteiger partial charge is 0.480 e. The quantitative estimate of drug-likeness (QED) is 0.316. The van der Waals surface area contributed by atoms with Gasteiger partial charge in [0.2, 0.25) is 0 Å². The third-order valence-corrected chi connectivity index (χ3v) is 5.50. The predicted octanol–water partition coefficient (Wildman–Crippen LogP) is 2.75. The van der Waals surface area contributed by atoms with Gasteiger partial charge in [-0.2, -0.15) is 13.2 Å². The van der Waals surface area contributed by atoms with Crippen molar-refractivity contribution in [2.24, 2.45) is 0 Å². The maximum absolute atomic E-state index is 14.9. The van der Waals surface area contributed by atoms with Crippen LogP contribution in [0.4, 0.5) is 23.2 Å². The summed E-state index contributed by atoms with van der Waals surface area (Å²) in [6.07, 6.45) is -5.14. The van der Waals surface area contributed by atoms with Gasteiger partial charge in [0, 0.05) is 29.1 Å². The molecule has 14 heteroatoms. The van der Waals surface area contributed by atoms with E-state index in [1.54, 1.807) is 5.32 Å². The minimum atomic E-state index is -5.14. The molecule has 0 aliphatic carbocycles. The van der Waals surface area contributed by atoms with E-state index >= 15 is 0 Å². The van der Waals surface area contributed by atoms with Crippen LogP contribution in [0.1, 0.15) is 32.1 Å². The van der Waals surface area contributed by atoms with Gasteiger partial charge in [-0.15, -0.1) is 0 Å². The minimum Gasteiger partial charge on any atom is -0.480 e. The summed E-state index contributed by atoms with van der Waals surface area (Å²) in [7, 11) is 0. The lowest BCUT2D eigenvalue weighted by Gasteiger charge is -2.13. The van der Waals surface area contributed by atoms with Crippen LogP contribution in [0.15, 0.2) is 30.3 Å². The van der Waals surface area contributed by atoms with Crippen molar-refractivity contribution < 1.29 is 41.8 Å². The molecule has 2 heterocycles. The molecule has 0 saturated heterocycles. The van der Waals surface area contributed by atoms with Crippen molar-refractivity contribution >= 4 is 29.4 Å². The number of nitrogens with zero attached hydrogens (tertiary/aromatic N) is 1. The first-order valence-corrected chi connectivity index (χ1v) is 10.6. The number of H-pyrrole nitrogens is 1. The zero-order valence-electron chi connectivity index (χ0n) is 18.8. The van der Waals surface area contributed by atoms with Crippen molar-refractivity contribution in [2.45, 2.75) is 19.6 Å². The van der Waals surface area contributed by atoms with Gasteiger partial charge in [-0.05, 0) is 42.3 Å². The Balaban J connectivity index is 1.70. The molecule has 2 aromatic carbocycles. The fraction of sp³-hybridized carbons (Fsp3) is 0.174. The number of aryl methyl sites for hydroxylation is 1. The number of amides is 3. The highest BCUT2D eigenvalue weighted by Gasteiger charge is 2.38. The van der Waals surface area contributed by atoms with E-state index in [-0.39, 0.29) is 34.8 Å². The smallest absolute Gasteiger partial charge is 0.471 e. The molecular weight excluding hydrogens is 502 g/mol. The van der Waals surface area contributed by atoms with Crippen LogP contribution in [0, 0.1) is 12.7 Å². The molecule has 10 nitrogen and oxygen atoms in total. The fourth-order valence-corrected chi connectivity index (χ4v) is 3.86. The molecule has 0 bridgehead atoms. The number of rotatable bonds is 6. The van der Waals surface area contributed by atoms with Crippen LogP contribution in [0.2, 0.25) is 0 Å². The number of benzene rings is 2. The Morgan fingerprint density at radius 1 is 1.11 bits per heavy atom. The molecule has 5 N–H and O–H groups in total. The number of aliphatic carboxylic acids is 1. The topological polar surface area (TPSA) is 153 Å². The van der Waals surface area contributed by atoms with Gasteiger partial charge in [-0.25, -0.2) is 9.37 Å². The molecule has 1 aliphatic heterocycles. The van der Waals surface area contributed by atoms with Gasteiger partial charge in [-0.3, -0.25) is 19.2 Å². The van der Waals surface area contributed by atoms with Crippen molar-refractivity contribution in [3.05, 3.63) is 58.7 Å². The number of fused-ring (bicyclic) bond motifs is 1. The highest BCUT2D eigenvalue weighted by Crippen LogP contribution is 2.37. The van der Waals surface area contributed by atoms with Crippen LogP contribution in [0.5, 0.6) is 0 Å². The summed E-state index contributed by atoms with van der Waals surface area (Å²) in [5, 5.41) is 15.1. The van der Waals surface area contributed by atoms with Crippen LogP contribution < -0.4 is 16.0 Å². The number of alkyl halides is 3. The SMILES string of the molecule is Cc1[nH]c(-c2ccc(-c3ccc(NC(=O)C(F)(F)F)cc3F)c3c2C(=O)NC3)nc1C(=O)NCC(=O)O. The normalized spacial score (nSPS) is 12.6. The highest BCUT2D eigenvalue weighted by atomic mass is 19.4. The van der Waals surface area contributed by atoms with Crippen molar-refractivity contribution in [1.82, 2.24) is 20.6 Å². The summed E-state index contributed by atoms with van der Waals surface area (Å²) in [6, 6.07) is 5.98. The fourth-order valence-electron chi connectivity index (χ4n) is 3.86.